The highest BCUT2D eigenvalue weighted by molar-refractivity contribution is 6.17. The largest absolute Gasteiger partial charge is 0.494 e. The van der Waals surface area contributed by atoms with Gasteiger partial charge >= 0.3 is 0 Å². The summed E-state index contributed by atoms with van der Waals surface area (Å²) in [7, 11) is 0. The van der Waals surface area contributed by atoms with Crippen LogP contribution in [0.5, 0.6) is 11.5 Å². The van der Waals surface area contributed by atoms with Gasteiger partial charge in [-0.3, -0.25) is 0 Å². The SMILES string of the molecule is CC(C)(c1ccc(OCCCCl)cc1)c1ccc(OCCCN2CCNCC2)cc1. The number of piperazine rings is 1. The molecule has 0 atom stereocenters. The maximum absolute atomic E-state index is 5.96. The maximum atomic E-state index is 5.96. The molecule has 0 bridgehead atoms. The van der Waals surface area contributed by atoms with E-state index in [1.165, 1.54) is 11.1 Å². The van der Waals surface area contributed by atoms with Gasteiger partial charge in [0.25, 0.3) is 0 Å². The summed E-state index contributed by atoms with van der Waals surface area (Å²) in [6.07, 6.45) is 1.92. The molecule has 5 heteroatoms. The second kappa shape index (κ2) is 11.6. The summed E-state index contributed by atoms with van der Waals surface area (Å²) < 4.78 is 11.7. The second-order valence-electron chi connectivity index (χ2n) is 8.36. The predicted molar refractivity (Wildman–Crippen MR) is 125 cm³/mol. The van der Waals surface area contributed by atoms with Gasteiger partial charge in [0.2, 0.25) is 0 Å². The Labute approximate surface area is 186 Å². The first-order valence-corrected chi connectivity index (χ1v) is 11.6. The summed E-state index contributed by atoms with van der Waals surface area (Å²) in [5, 5.41) is 3.39. The van der Waals surface area contributed by atoms with Crippen LogP contribution in [0, 0.1) is 0 Å². The summed E-state index contributed by atoms with van der Waals surface area (Å²) in [4.78, 5) is 2.50. The molecule has 1 N–H and O–H groups in total. The fraction of sp³-hybridized carbons (Fsp3) is 0.520. The van der Waals surface area contributed by atoms with Crippen molar-refractivity contribution in [1.29, 1.82) is 0 Å². The minimum absolute atomic E-state index is 0.0878. The molecule has 2 aromatic rings. The molecule has 1 fully saturated rings. The highest BCUT2D eigenvalue weighted by Crippen LogP contribution is 2.33. The number of halogens is 1. The van der Waals surface area contributed by atoms with E-state index in [-0.39, 0.29) is 5.41 Å². The first-order chi connectivity index (χ1) is 14.6. The Kier molecular flexibility index (Phi) is 8.86. The number of hydrogen-bond acceptors (Lipinski definition) is 4. The van der Waals surface area contributed by atoms with Gasteiger partial charge in [0.15, 0.2) is 0 Å². The van der Waals surface area contributed by atoms with E-state index in [2.05, 4.69) is 60.5 Å². The summed E-state index contributed by atoms with van der Waals surface area (Å²) in [5.41, 5.74) is 2.44. The van der Waals surface area contributed by atoms with Crippen LogP contribution in [0.25, 0.3) is 0 Å². The van der Waals surface area contributed by atoms with Gasteiger partial charge in [-0.2, -0.15) is 0 Å². The Bertz CT molecular complexity index is 741. The predicted octanol–water partition coefficient (Wildman–Crippen LogP) is 4.69. The third-order valence-corrected chi connectivity index (χ3v) is 6.06. The van der Waals surface area contributed by atoms with Crippen LogP contribution in [0.2, 0.25) is 0 Å². The van der Waals surface area contributed by atoms with Crippen molar-refractivity contribution < 1.29 is 9.47 Å². The van der Waals surface area contributed by atoms with Crippen molar-refractivity contribution in [2.75, 3.05) is 51.8 Å². The van der Waals surface area contributed by atoms with Crippen molar-refractivity contribution in [3.05, 3.63) is 59.7 Å². The van der Waals surface area contributed by atoms with Crippen molar-refractivity contribution >= 4 is 11.6 Å². The zero-order valence-electron chi connectivity index (χ0n) is 18.3. The van der Waals surface area contributed by atoms with E-state index in [1.54, 1.807) is 0 Å². The van der Waals surface area contributed by atoms with Crippen molar-refractivity contribution in [2.45, 2.75) is 32.1 Å². The Morgan fingerprint density at radius 2 is 1.33 bits per heavy atom. The van der Waals surface area contributed by atoms with E-state index < -0.39 is 0 Å². The van der Waals surface area contributed by atoms with Gasteiger partial charge in [0.05, 0.1) is 13.2 Å². The molecule has 0 aliphatic carbocycles. The van der Waals surface area contributed by atoms with Crippen molar-refractivity contribution in [3.8, 4) is 11.5 Å². The van der Waals surface area contributed by atoms with Crippen LogP contribution in [0.15, 0.2) is 48.5 Å². The molecular formula is C25H35ClN2O2. The van der Waals surface area contributed by atoms with Gasteiger partial charge in [0, 0.05) is 44.0 Å². The van der Waals surface area contributed by atoms with Crippen LogP contribution in [-0.2, 0) is 5.41 Å². The fourth-order valence-electron chi connectivity index (χ4n) is 3.76. The van der Waals surface area contributed by atoms with Crippen LogP contribution in [0.3, 0.4) is 0 Å². The molecular weight excluding hydrogens is 396 g/mol. The summed E-state index contributed by atoms with van der Waals surface area (Å²) in [6, 6.07) is 16.9. The molecule has 3 rings (SSSR count). The number of hydrogen-bond donors (Lipinski definition) is 1. The van der Waals surface area contributed by atoms with Crippen LogP contribution in [-0.4, -0.2) is 56.7 Å². The molecule has 1 aliphatic rings. The average molecular weight is 431 g/mol. The molecule has 0 unspecified atom stereocenters. The molecule has 1 saturated heterocycles. The van der Waals surface area contributed by atoms with Crippen LogP contribution >= 0.6 is 11.6 Å². The fourth-order valence-corrected chi connectivity index (χ4v) is 3.87. The van der Waals surface area contributed by atoms with Gasteiger partial charge < -0.3 is 19.7 Å². The number of nitrogens with one attached hydrogen (secondary N) is 1. The summed E-state index contributed by atoms with van der Waals surface area (Å²) in [5.74, 6) is 2.46. The second-order valence-corrected chi connectivity index (χ2v) is 8.74. The highest BCUT2D eigenvalue weighted by atomic mass is 35.5. The van der Waals surface area contributed by atoms with E-state index >= 15 is 0 Å². The molecule has 0 aromatic heterocycles. The van der Waals surface area contributed by atoms with Gasteiger partial charge in [-0.15, -0.1) is 11.6 Å². The lowest BCUT2D eigenvalue weighted by atomic mass is 9.78. The van der Waals surface area contributed by atoms with E-state index in [0.717, 1.165) is 63.7 Å². The zero-order valence-corrected chi connectivity index (χ0v) is 19.1. The summed E-state index contributed by atoms with van der Waals surface area (Å²) >= 11 is 5.71. The number of nitrogens with zero attached hydrogens (tertiary/aromatic N) is 1. The molecule has 164 valence electrons. The summed E-state index contributed by atoms with van der Waals surface area (Å²) in [6.45, 7) is 11.5. The zero-order chi connectivity index (χ0) is 21.2. The standard InChI is InChI=1S/C25H35ClN2O2/c1-25(2,21-5-9-23(10-6-21)29-19-3-13-26)22-7-11-24(12-8-22)30-20-4-16-28-17-14-27-15-18-28/h5-12,27H,3-4,13-20H2,1-2H3. The third kappa shape index (κ3) is 6.63. The molecule has 0 radical (unpaired) electrons. The lowest BCUT2D eigenvalue weighted by Crippen LogP contribution is -2.43. The average Bonchev–Trinajstić information content (AvgIpc) is 2.78. The molecule has 4 nitrogen and oxygen atoms in total. The minimum Gasteiger partial charge on any atom is -0.494 e. The molecule has 2 aromatic carbocycles. The molecule has 0 saturated carbocycles. The minimum atomic E-state index is -0.0878. The number of alkyl halides is 1. The first kappa shape index (κ1) is 22.9. The topological polar surface area (TPSA) is 33.7 Å². The number of rotatable bonds is 11. The van der Waals surface area contributed by atoms with Gasteiger partial charge in [0.1, 0.15) is 11.5 Å². The van der Waals surface area contributed by atoms with Crippen LogP contribution < -0.4 is 14.8 Å². The van der Waals surface area contributed by atoms with E-state index in [4.69, 9.17) is 21.1 Å². The monoisotopic (exact) mass is 430 g/mol. The third-order valence-electron chi connectivity index (χ3n) is 5.80. The van der Waals surface area contributed by atoms with Crippen LogP contribution in [0.4, 0.5) is 0 Å². The Hall–Kier alpha value is -1.75. The van der Waals surface area contributed by atoms with Crippen molar-refractivity contribution in [1.82, 2.24) is 10.2 Å². The lowest BCUT2D eigenvalue weighted by Gasteiger charge is -2.27. The lowest BCUT2D eigenvalue weighted by molar-refractivity contribution is 0.214. The number of benzene rings is 2. The quantitative estimate of drug-likeness (QED) is 0.414. The Morgan fingerprint density at radius 3 is 1.83 bits per heavy atom. The molecule has 1 heterocycles. The Balaban J connectivity index is 1.49. The maximum Gasteiger partial charge on any atom is 0.119 e. The van der Waals surface area contributed by atoms with E-state index in [9.17, 15) is 0 Å². The van der Waals surface area contributed by atoms with Crippen molar-refractivity contribution in [2.24, 2.45) is 0 Å². The van der Waals surface area contributed by atoms with Crippen LogP contribution in [0.1, 0.15) is 37.8 Å². The number of ether oxygens (including phenoxy) is 2. The molecule has 0 amide bonds. The Morgan fingerprint density at radius 1 is 0.833 bits per heavy atom. The van der Waals surface area contributed by atoms with E-state index in [0.29, 0.717) is 12.5 Å². The highest BCUT2D eigenvalue weighted by Gasteiger charge is 2.23. The van der Waals surface area contributed by atoms with Gasteiger partial charge in [-0.05, 0) is 48.2 Å². The molecule has 30 heavy (non-hydrogen) atoms. The normalized spacial score (nSPS) is 15.2. The van der Waals surface area contributed by atoms with Gasteiger partial charge in [-0.25, -0.2) is 0 Å². The van der Waals surface area contributed by atoms with Crippen molar-refractivity contribution in [3.63, 3.8) is 0 Å². The first-order valence-electron chi connectivity index (χ1n) is 11.1. The van der Waals surface area contributed by atoms with E-state index in [1.807, 2.05) is 12.1 Å². The molecule has 0 spiro atoms. The van der Waals surface area contributed by atoms with Gasteiger partial charge in [-0.1, -0.05) is 38.1 Å². The smallest absolute Gasteiger partial charge is 0.119 e. The molecule has 1 aliphatic heterocycles.